The topological polar surface area (TPSA) is 74.5 Å². The molecule has 164 valence electrons. The summed E-state index contributed by atoms with van der Waals surface area (Å²) in [7, 11) is 5.79. The summed E-state index contributed by atoms with van der Waals surface area (Å²) >= 11 is 0. The third-order valence-electron chi connectivity index (χ3n) is 5.22. The van der Waals surface area contributed by atoms with E-state index < -0.39 is 0 Å². The predicted molar refractivity (Wildman–Crippen MR) is 127 cm³/mol. The van der Waals surface area contributed by atoms with Gasteiger partial charge in [-0.15, -0.1) is 0 Å². The normalized spacial score (nSPS) is 11.1. The first-order chi connectivity index (χ1) is 15.5. The Labute approximate surface area is 187 Å². The molecule has 4 rings (SSSR count). The predicted octanol–water partition coefficient (Wildman–Crippen LogP) is 4.14. The van der Waals surface area contributed by atoms with Crippen LogP contribution in [-0.2, 0) is 6.54 Å². The van der Waals surface area contributed by atoms with E-state index in [9.17, 15) is 4.79 Å². The average molecular weight is 430 g/mol. The highest BCUT2D eigenvalue weighted by Gasteiger charge is 2.19. The number of fused-ring (bicyclic) bond motifs is 1. The molecule has 0 saturated carbocycles. The lowest BCUT2D eigenvalue weighted by Crippen LogP contribution is -2.34. The van der Waals surface area contributed by atoms with Crippen molar-refractivity contribution in [1.82, 2.24) is 19.8 Å². The van der Waals surface area contributed by atoms with Crippen LogP contribution < -0.4 is 5.32 Å². The number of carbonyl (C=O) groups is 1. The van der Waals surface area contributed by atoms with E-state index in [0.29, 0.717) is 35.9 Å². The molecule has 3 aromatic heterocycles. The van der Waals surface area contributed by atoms with Crippen molar-refractivity contribution in [2.75, 3.05) is 39.5 Å². The van der Waals surface area contributed by atoms with Gasteiger partial charge in [-0.2, -0.15) is 0 Å². The molecule has 0 spiro atoms. The number of para-hydroxylation sites is 1. The molecule has 1 aromatic carbocycles. The minimum atomic E-state index is -0.0795. The van der Waals surface area contributed by atoms with Gasteiger partial charge in [0.15, 0.2) is 5.76 Å². The number of hydrogen-bond acceptors (Lipinski definition) is 6. The number of hydrogen-bond donors (Lipinski definition) is 1. The molecule has 1 amide bonds. The van der Waals surface area contributed by atoms with Gasteiger partial charge in [-0.25, -0.2) is 4.98 Å². The number of carbonyl (C=O) groups excluding carboxylic acids is 1. The van der Waals surface area contributed by atoms with Crippen molar-refractivity contribution in [3.63, 3.8) is 0 Å². The van der Waals surface area contributed by atoms with Gasteiger partial charge in [-0.1, -0.05) is 24.3 Å². The molecule has 0 aliphatic heterocycles. The Hall–Kier alpha value is -3.71. The SMILES string of the molecule is CN(C)CCN(C)C(=O)c1ccc(-c2cc3ccccc3o2)nc1NCc1cccnc1. The molecule has 0 atom stereocenters. The van der Waals surface area contributed by atoms with Gasteiger partial charge in [0.2, 0.25) is 0 Å². The van der Waals surface area contributed by atoms with Crippen molar-refractivity contribution >= 4 is 22.7 Å². The van der Waals surface area contributed by atoms with Crippen molar-refractivity contribution in [1.29, 1.82) is 0 Å². The summed E-state index contributed by atoms with van der Waals surface area (Å²) in [5.41, 5.74) is 3.00. The fraction of sp³-hybridized carbons (Fsp3) is 0.240. The van der Waals surface area contributed by atoms with Crippen LogP contribution >= 0.6 is 0 Å². The van der Waals surface area contributed by atoms with E-state index >= 15 is 0 Å². The van der Waals surface area contributed by atoms with Crippen LogP contribution in [0.3, 0.4) is 0 Å². The van der Waals surface area contributed by atoms with Crippen LogP contribution in [-0.4, -0.2) is 59.9 Å². The number of anilines is 1. The zero-order valence-corrected chi connectivity index (χ0v) is 18.6. The number of nitrogens with one attached hydrogen (secondary N) is 1. The molecule has 1 N–H and O–H groups in total. The first kappa shape index (κ1) is 21.5. The molecule has 7 heteroatoms. The lowest BCUT2D eigenvalue weighted by atomic mass is 10.1. The standard InChI is InChI=1S/C25H27N5O2/c1-29(2)13-14-30(3)25(31)20-10-11-21(23-15-19-8-4-5-9-22(19)32-23)28-24(20)27-17-18-7-6-12-26-16-18/h4-12,15-16H,13-14,17H2,1-3H3,(H,27,28). The summed E-state index contributed by atoms with van der Waals surface area (Å²) < 4.78 is 5.98. The monoisotopic (exact) mass is 429 g/mol. The van der Waals surface area contributed by atoms with E-state index in [-0.39, 0.29) is 5.91 Å². The minimum Gasteiger partial charge on any atom is -0.454 e. The van der Waals surface area contributed by atoms with Crippen LogP contribution in [0.5, 0.6) is 0 Å². The summed E-state index contributed by atoms with van der Waals surface area (Å²) in [6.45, 7) is 1.91. The maximum Gasteiger partial charge on any atom is 0.257 e. The van der Waals surface area contributed by atoms with E-state index in [2.05, 4.69) is 10.3 Å². The number of rotatable bonds is 8. The number of nitrogens with zero attached hydrogens (tertiary/aromatic N) is 4. The molecule has 3 heterocycles. The first-order valence-corrected chi connectivity index (χ1v) is 10.5. The summed E-state index contributed by atoms with van der Waals surface area (Å²) in [4.78, 5) is 25.9. The fourth-order valence-electron chi connectivity index (χ4n) is 3.36. The van der Waals surface area contributed by atoms with Crippen molar-refractivity contribution in [3.05, 3.63) is 78.1 Å². The molecule has 4 aromatic rings. The number of furan rings is 1. The largest absolute Gasteiger partial charge is 0.454 e. The third kappa shape index (κ3) is 4.95. The number of benzene rings is 1. The molecule has 7 nitrogen and oxygen atoms in total. The van der Waals surface area contributed by atoms with Gasteiger partial charge in [-0.05, 0) is 50.0 Å². The molecule has 32 heavy (non-hydrogen) atoms. The third-order valence-corrected chi connectivity index (χ3v) is 5.22. The number of aromatic nitrogens is 2. The Kier molecular flexibility index (Phi) is 6.47. The van der Waals surface area contributed by atoms with E-state index in [4.69, 9.17) is 9.40 Å². The summed E-state index contributed by atoms with van der Waals surface area (Å²) in [5, 5.41) is 4.34. The van der Waals surface area contributed by atoms with Crippen molar-refractivity contribution in [3.8, 4) is 11.5 Å². The molecular weight excluding hydrogens is 402 g/mol. The van der Waals surface area contributed by atoms with E-state index in [1.54, 1.807) is 17.3 Å². The van der Waals surface area contributed by atoms with Crippen molar-refractivity contribution < 1.29 is 9.21 Å². The zero-order chi connectivity index (χ0) is 22.5. The lowest BCUT2D eigenvalue weighted by molar-refractivity contribution is 0.0787. The van der Waals surface area contributed by atoms with Gasteiger partial charge in [-0.3, -0.25) is 9.78 Å². The Bertz CT molecular complexity index is 1170. The number of pyridine rings is 2. The smallest absolute Gasteiger partial charge is 0.257 e. The van der Waals surface area contributed by atoms with Gasteiger partial charge in [0.1, 0.15) is 17.1 Å². The molecule has 0 fully saturated rings. The Morgan fingerprint density at radius 3 is 2.62 bits per heavy atom. The van der Waals surface area contributed by atoms with Gasteiger partial charge < -0.3 is 19.5 Å². The second-order valence-corrected chi connectivity index (χ2v) is 7.99. The maximum absolute atomic E-state index is 13.2. The highest BCUT2D eigenvalue weighted by atomic mass is 16.3. The lowest BCUT2D eigenvalue weighted by Gasteiger charge is -2.21. The molecule has 0 radical (unpaired) electrons. The molecule has 0 aliphatic carbocycles. The van der Waals surface area contributed by atoms with Gasteiger partial charge in [0.05, 0.1) is 5.56 Å². The molecule has 0 aliphatic rings. The summed E-state index contributed by atoms with van der Waals surface area (Å²) in [6.07, 6.45) is 3.53. The van der Waals surface area contributed by atoms with Crippen LogP contribution in [0, 0.1) is 0 Å². The van der Waals surface area contributed by atoms with E-state index in [0.717, 1.165) is 23.1 Å². The van der Waals surface area contributed by atoms with Crippen LogP contribution in [0.1, 0.15) is 15.9 Å². The van der Waals surface area contributed by atoms with E-state index in [1.807, 2.05) is 80.6 Å². The second kappa shape index (κ2) is 9.62. The molecular formula is C25H27N5O2. The quantitative estimate of drug-likeness (QED) is 0.454. The Morgan fingerprint density at radius 1 is 1.03 bits per heavy atom. The summed E-state index contributed by atoms with van der Waals surface area (Å²) in [5.74, 6) is 1.10. The number of likely N-dealkylation sites (N-methyl/N-ethyl adjacent to an activating group) is 2. The highest BCUT2D eigenvalue weighted by Crippen LogP contribution is 2.29. The van der Waals surface area contributed by atoms with Crippen LogP contribution in [0.15, 0.2) is 71.4 Å². The highest BCUT2D eigenvalue weighted by molar-refractivity contribution is 5.99. The maximum atomic E-state index is 13.2. The molecule has 0 unspecified atom stereocenters. The van der Waals surface area contributed by atoms with Crippen molar-refractivity contribution in [2.24, 2.45) is 0 Å². The Balaban J connectivity index is 1.65. The molecule has 0 saturated heterocycles. The second-order valence-electron chi connectivity index (χ2n) is 7.99. The number of amides is 1. The van der Waals surface area contributed by atoms with Crippen LogP contribution in [0.4, 0.5) is 5.82 Å². The molecule has 0 bridgehead atoms. The average Bonchev–Trinajstić information content (AvgIpc) is 3.25. The van der Waals surface area contributed by atoms with Gasteiger partial charge >= 0.3 is 0 Å². The van der Waals surface area contributed by atoms with Crippen LogP contribution in [0.2, 0.25) is 0 Å². The van der Waals surface area contributed by atoms with Gasteiger partial charge in [0, 0.05) is 44.5 Å². The van der Waals surface area contributed by atoms with Crippen molar-refractivity contribution in [2.45, 2.75) is 6.54 Å². The summed E-state index contributed by atoms with van der Waals surface area (Å²) in [6, 6.07) is 17.3. The first-order valence-electron chi connectivity index (χ1n) is 10.5. The van der Waals surface area contributed by atoms with E-state index in [1.165, 1.54) is 0 Å². The van der Waals surface area contributed by atoms with Crippen LogP contribution in [0.25, 0.3) is 22.4 Å². The Morgan fingerprint density at radius 2 is 1.88 bits per heavy atom. The minimum absolute atomic E-state index is 0.0795. The fourth-order valence-corrected chi connectivity index (χ4v) is 3.36. The zero-order valence-electron chi connectivity index (χ0n) is 18.6. The van der Waals surface area contributed by atoms with Gasteiger partial charge in [0.25, 0.3) is 5.91 Å².